The zero-order valence-corrected chi connectivity index (χ0v) is 18.1. The number of rotatable bonds is 5. The van der Waals surface area contributed by atoms with Crippen molar-refractivity contribution < 1.29 is 17.6 Å². The van der Waals surface area contributed by atoms with Gasteiger partial charge in [0.15, 0.2) is 0 Å². The Bertz CT molecular complexity index is 1380. The Morgan fingerprint density at radius 2 is 1.77 bits per heavy atom. The van der Waals surface area contributed by atoms with Crippen LogP contribution in [0.1, 0.15) is 21.2 Å². The van der Waals surface area contributed by atoms with Crippen LogP contribution in [0.15, 0.2) is 59.5 Å². The van der Waals surface area contributed by atoms with Crippen LogP contribution in [0.25, 0.3) is 10.1 Å². The lowest BCUT2D eigenvalue weighted by Gasteiger charge is -2.09. The Kier molecular flexibility index (Phi) is 5.42. The number of nitrogens with one attached hydrogen (secondary N) is 2. The Balaban J connectivity index is 1.50. The van der Waals surface area contributed by atoms with Crippen molar-refractivity contribution in [3.63, 3.8) is 0 Å². The highest BCUT2D eigenvalue weighted by Gasteiger charge is 2.17. The average Bonchev–Trinajstić information content (AvgIpc) is 3.13. The molecule has 0 aliphatic rings. The maximum atomic E-state index is 13.9. The summed E-state index contributed by atoms with van der Waals surface area (Å²) in [6.07, 6.45) is 0. The van der Waals surface area contributed by atoms with E-state index in [1.54, 1.807) is 26.0 Å². The maximum absolute atomic E-state index is 13.9. The average molecular weight is 457 g/mol. The normalized spacial score (nSPS) is 11.5. The minimum atomic E-state index is -3.86. The van der Waals surface area contributed by atoms with Crippen molar-refractivity contribution in [1.29, 1.82) is 0 Å². The van der Waals surface area contributed by atoms with Crippen LogP contribution in [-0.4, -0.2) is 24.3 Å². The number of fused-ring (bicyclic) bond motifs is 1. The number of anilines is 2. The molecule has 31 heavy (non-hydrogen) atoms. The summed E-state index contributed by atoms with van der Waals surface area (Å²) in [6.45, 7) is 3.42. The van der Waals surface area contributed by atoms with Crippen molar-refractivity contribution >= 4 is 48.9 Å². The van der Waals surface area contributed by atoms with Crippen LogP contribution in [-0.2, 0) is 10.0 Å². The number of aromatic nitrogens is 2. The standard InChI is InChI=1S/C21H17FN4O3S2/c1-12-10-20(24-13(2)23-12)26-31(28,29)15-8-6-14(7-9-15)25-21(27)19-11-16-17(22)4-3-5-18(16)30-19/h3-11H,1-2H3,(H,25,27)(H,23,24,26). The van der Waals surface area contributed by atoms with E-state index >= 15 is 0 Å². The van der Waals surface area contributed by atoms with Gasteiger partial charge in [0, 0.05) is 27.5 Å². The fourth-order valence-corrected chi connectivity index (χ4v) is 4.98. The number of amides is 1. The summed E-state index contributed by atoms with van der Waals surface area (Å²) in [5.41, 5.74) is 1.06. The number of halogens is 1. The predicted molar refractivity (Wildman–Crippen MR) is 118 cm³/mol. The summed E-state index contributed by atoms with van der Waals surface area (Å²) < 4.78 is 42.2. The molecule has 2 aromatic heterocycles. The molecule has 1 amide bonds. The first-order valence-corrected chi connectivity index (χ1v) is 11.5. The van der Waals surface area contributed by atoms with Gasteiger partial charge in [0.05, 0.1) is 9.77 Å². The van der Waals surface area contributed by atoms with Crippen LogP contribution in [0.4, 0.5) is 15.9 Å². The lowest BCUT2D eigenvalue weighted by atomic mass is 10.2. The number of sulfonamides is 1. The summed E-state index contributed by atoms with van der Waals surface area (Å²) in [4.78, 5) is 21.1. The molecule has 4 rings (SSSR count). The molecular formula is C21H17FN4O3S2. The molecule has 2 heterocycles. The van der Waals surface area contributed by atoms with E-state index in [4.69, 9.17) is 0 Å². The summed E-state index contributed by atoms with van der Waals surface area (Å²) in [5, 5.41) is 3.08. The molecule has 0 saturated carbocycles. The van der Waals surface area contributed by atoms with Gasteiger partial charge in [-0.3, -0.25) is 9.52 Å². The molecule has 4 aromatic rings. The number of benzene rings is 2. The van der Waals surface area contributed by atoms with E-state index in [9.17, 15) is 17.6 Å². The van der Waals surface area contributed by atoms with E-state index < -0.39 is 15.9 Å². The van der Waals surface area contributed by atoms with E-state index in [2.05, 4.69) is 20.0 Å². The predicted octanol–water partition coefficient (Wildman–Crippen LogP) is 4.50. The first-order valence-electron chi connectivity index (χ1n) is 9.16. The molecule has 0 unspecified atom stereocenters. The quantitative estimate of drug-likeness (QED) is 0.460. The smallest absolute Gasteiger partial charge is 0.265 e. The molecule has 7 nitrogen and oxygen atoms in total. The molecule has 2 N–H and O–H groups in total. The molecular weight excluding hydrogens is 439 g/mol. The van der Waals surface area contributed by atoms with Gasteiger partial charge in [0.1, 0.15) is 17.5 Å². The molecule has 0 spiro atoms. The number of carbonyl (C=O) groups is 1. The summed E-state index contributed by atoms with van der Waals surface area (Å²) in [5.74, 6) is -0.151. The van der Waals surface area contributed by atoms with Gasteiger partial charge >= 0.3 is 0 Å². The monoisotopic (exact) mass is 456 g/mol. The molecule has 0 aliphatic carbocycles. The molecule has 10 heteroatoms. The number of aryl methyl sites for hydroxylation is 2. The van der Waals surface area contributed by atoms with Crippen LogP contribution in [0, 0.1) is 19.7 Å². The number of hydrogen-bond donors (Lipinski definition) is 2. The fraction of sp³-hybridized carbons (Fsp3) is 0.0952. The summed E-state index contributed by atoms with van der Waals surface area (Å²) >= 11 is 1.18. The second-order valence-corrected chi connectivity index (χ2v) is 9.55. The van der Waals surface area contributed by atoms with Gasteiger partial charge in [0.25, 0.3) is 15.9 Å². The molecule has 0 saturated heterocycles. The largest absolute Gasteiger partial charge is 0.321 e. The first kappa shape index (κ1) is 20.9. The third kappa shape index (κ3) is 4.54. The van der Waals surface area contributed by atoms with Gasteiger partial charge in [0.2, 0.25) is 0 Å². The van der Waals surface area contributed by atoms with Crippen LogP contribution < -0.4 is 10.0 Å². The molecule has 0 radical (unpaired) electrons. The third-order valence-electron chi connectivity index (χ3n) is 4.36. The molecule has 0 bridgehead atoms. The molecule has 158 valence electrons. The Morgan fingerprint density at radius 1 is 1.03 bits per heavy atom. The van der Waals surface area contributed by atoms with Crippen LogP contribution >= 0.6 is 11.3 Å². The molecule has 0 aliphatic heterocycles. The van der Waals surface area contributed by atoms with Gasteiger partial charge < -0.3 is 5.32 Å². The number of hydrogen-bond acceptors (Lipinski definition) is 6. The van der Waals surface area contributed by atoms with Gasteiger partial charge in [-0.2, -0.15) is 0 Å². The minimum Gasteiger partial charge on any atom is -0.321 e. The highest BCUT2D eigenvalue weighted by Crippen LogP contribution is 2.28. The third-order valence-corrected chi connectivity index (χ3v) is 6.83. The van der Waals surface area contributed by atoms with Gasteiger partial charge in [-0.15, -0.1) is 11.3 Å². The number of thiophene rings is 1. The second-order valence-electron chi connectivity index (χ2n) is 6.79. The zero-order chi connectivity index (χ0) is 22.2. The van der Waals surface area contributed by atoms with Crippen molar-refractivity contribution in [2.24, 2.45) is 0 Å². The second kappa shape index (κ2) is 8.05. The van der Waals surface area contributed by atoms with E-state index in [1.807, 2.05) is 0 Å². The Labute approximate surface area is 182 Å². The van der Waals surface area contributed by atoms with Crippen LogP contribution in [0.2, 0.25) is 0 Å². The maximum Gasteiger partial charge on any atom is 0.265 e. The minimum absolute atomic E-state index is 0.0170. The van der Waals surface area contributed by atoms with Crippen LogP contribution in [0.5, 0.6) is 0 Å². The summed E-state index contributed by atoms with van der Waals surface area (Å²) in [6, 6.07) is 13.4. The molecule has 2 aromatic carbocycles. The van der Waals surface area contributed by atoms with E-state index in [1.165, 1.54) is 53.8 Å². The van der Waals surface area contributed by atoms with Crippen molar-refractivity contribution in [1.82, 2.24) is 9.97 Å². The molecule has 0 atom stereocenters. The van der Waals surface area contributed by atoms with E-state index in [0.717, 1.165) is 0 Å². The van der Waals surface area contributed by atoms with Gasteiger partial charge in [-0.25, -0.2) is 22.8 Å². The Morgan fingerprint density at radius 3 is 2.45 bits per heavy atom. The highest BCUT2D eigenvalue weighted by atomic mass is 32.2. The number of carbonyl (C=O) groups excluding carboxylic acids is 1. The number of nitrogens with zero attached hydrogens (tertiary/aromatic N) is 2. The Hall–Kier alpha value is -3.37. The van der Waals surface area contributed by atoms with E-state index in [0.29, 0.717) is 32.2 Å². The van der Waals surface area contributed by atoms with Crippen molar-refractivity contribution in [3.05, 3.63) is 76.8 Å². The topological polar surface area (TPSA) is 101 Å². The fourth-order valence-electron chi connectivity index (χ4n) is 3.01. The van der Waals surface area contributed by atoms with Crippen molar-refractivity contribution in [2.75, 3.05) is 10.0 Å². The first-order chi connectivity index (χ1) is 14.7. The SMILES string of the molecule is Cc1cc(NS(=O)(=O)c2ccc(NC(=O)c3cc4c(F)cccc4s3)cc2)nc(C)n1. The lowest BCUT2D eigenvalue weighted by Crippen LogP contribution is -2.15. The van der Waals surface area contributed by atoms with Crippen LogP contribution in [0.3, 0.4) is 0 Å². The van der Waals surface area contributed by atoms with Gasteiger partial charge in [-0.1, -0.05) is 6.07 Å². The summed E-state index contributed by atoms with van der Waals surface area (Å²) in [7, 11) is -3.86. The zero-order valence-electron chi connectivity index (χ0n) is 16.5. The van der Waals surface area contributed by atoms with Gasteiger partial charge in [-0.05, 0) is 56.3 Å². The van der Waals surface area contributed by atoms with Crippen molar-refractivity contribution in [3.8, 4) is 0 Å². The lowest BCUT2D eigenvalue weighted by molar-refractivity contribution is 0.103. The van der Waals surface area contributed by atoms with E-state index in [-0.39, 0.29) is 16.5 Å². The molecule has 0 fully saturated rings. The van der Waals surface area contributed by atoms with Crippen molar-refractivity contribution in [2.45, 2.75) is 18.7 Å². The highest BCUT2D eigenvalue weighted by molar-refractivity contribution is 7.92.